The van der Waals surface area contributed by atoms with E-state index in [0.29, 0.717) is 12.8 Å². The Morgan fingerprint density at radius 2 is 1.96 bits per heavy atom. The van der Waals surface area contributed by atoms with Crippen LogP contribution in [0.5, 0.6) is 0 Å². The molecule has 2 fully saturated rings. The molecule has 1 N–H and O–H groups in total. The van der Waals surface area contributed by atoms with E-state index in [0.717, 1.165) is 57.3 Å². The van der Waals surface area contributed by atoms with Gasteiger partial charge in [0, 0.05) is 43.2 Å². The summed E-state index contributed by atoms with van der Waals surface area (Å²) in [4.78, 5) is 33.5. The molecule has 0 saturated carbocycles. The quantitative estimate of drug-likeness (QED) is 0.879. The minimum absolute atomic E-state index is 0.129. The van der Waals surface area contributed by atoms with Gasteiger partial charge in [0.25, 0.3) is 0 Å². The van der Waals surface area contributed by atoms with Crippen LogP contribution in [-0.2, 0) is 16.0 Å². The maximum absolute atomic E-state index is 13.2. The van der Waals surface area contributed by atoms with Crippen LogP contribution >= 0.6 is 0 Å². The fourth-order valence-corrected chi connectivity index (χ4v) is 4.99. The molecule has 2 aliphatic heterocycles. The topological polar surface area (TPSA) is 56.4 Å². The van der Waals surface area contributed by atoms with Gasteiger partial charge >= 0.3 is 0 Å². The molecule has 0 radical (unpaired) electrons. The number of carbonyl (C=O) groups excluding carboxylic acids is 2. The molecule has 5 heteroatoms. The lowest BCUT2D eigenvalue weighted by molar-refractivity contribution is -0.155. The number of rotatable bonds is 5. The summed E-state index contributed by atoms with van der Waals surface area (Å²) < 4.78 is 0. The van der Waals surface area contributed by atoms with Crippen LogP contribution in [0.2, 0.25) is 0 Å². The molecule has 1 aromatic heterocycles. The van der Waals surface area contributed by atoms with E-state index in [2.05, 4.69) is 24.0 Å². The third kappa shape index (κ3) is 3.13. The highest BCUT2D eigenvalue weighted by molar-refractivity contribution is 5.93. The Kier molecular flexibility index (Phi) is 4.94. The van der Waals surface area contributed by atoms with Gasteiger partial charge in [0.2, 0.25) is 11.8 Å². The number of para-hydroxylation sites is 1. The molecule has 2 amide bonds. The van der Waals surface area contributed by atoms with Gasteiger partial charge in [-0.25, -0.2) is 0 Å². The number of hydrogen-bond acceptors (Lipinski definition) is 2. The molecule has 2 saturated heterocycles. The number of H-pyrrole nitrogens is 1. The summed E-state index contributed by atoms with van der Waals surface area (Å²) in [5.41, 5.74) is 1.72. The van der Waals surface area contributed by atoms with Crippen molar-refractivity contribution in [3.05, 3.63) is 36.0 Å². The first-order chi connectivity index (χ1) is 13.2. The number of hydrogen-bond donors (Lipinski definition) is 1. The fraction of sp³-hybridized carbons (Fsp3) is 0.545. The number of benzene rings is 1. The number of aromatic amines is 1. The molecule has 0 aliphatic carbocycles. The van der Waals surface area contributed by atoms with Crippen LogP contribution < -0.4 is 0 Å². The second kappa shape index (κ2) is 7.37. The molecule has 3 heterocycles. The number of nitrogens with zero attached hydrogens (tertiary/aromatic N) is 2. The van der Waals surface area contributed by atoms with Crippen LogP contribution in [0.3, 0.4) is 0 Å². The van der Waals surface area contributed by atoms with E-state index in [9.17, 15) is 9.59 Å². The number of likely N-dealkylation sites (tertiary alicyclic amines) is 2. The van der Waals surface area contributed by atoms with Gasteiger partial charge in [-0.15, -0.1) is 0 Å². The number of piperidine rings is 1. The van der Waals surface area contributed by atoms with Crippen molar-refractivity contribution in [1.82, 2.24) is 14.8 Å². The van der Waals surface area contributed by atoms with Crippen molar-refractivity contribution in [1.29, 1.82) is 0 Å². The predicted octanol–water partition coefficient (Wildman–Crippen LogP) is 3.49. The lowest BCUT2D eigenvalue weighted by Crippen LogP contribution is -2.61. The van der Waals surface area contributed by atoms with Gasteiger partial charge in [0.05, 0.1) is 0 Å². The average Bonchev–Trinajstić information content (AvgIpc) is 3.29. The van der Waals surface area contributed by atoms with Crippen molar-refractivity contribution in [2.24, 2.45) is 0 Å². The molecular formula is C22H29N3O2. The summed E-state index contributed by atoms with van der Waals surface area (Å²) in [6, 6.07) is 8.19. The molecule has 27 heavy (non-hydrogen) atoms. The Bertz CT molecular complexity index is 841. The minimum atomic E-state index is -0.565. The van der Waals surface area contributed by atoms with Crippen LogP contribution in [0.1, 0.15) is 51.0 Å². The van der Waals surface area contributed by atoms with E-state index in [4.69, 9.17) is 0 Å². The van der Waals surface area contributed by atoms with Crippen LogP contribution in [0.4, 0.5) is 0 Å². The standard InChI is InChI=1S/C22H29N3O2/c1-2-13-24-14-5-11-22(21(24)27)12-6-15-25(22)20(26)10-9-17-16-23-19-8-4-3-7-18(17)19/h3-4,7-8,16,23H,2,5-6,9-15H2,1H3. The highest BCUT2D eigenvalue weighted by Crippen LogP contribution is 2.39. The molecule has 1 unspecified atom stereocenters. The second-order valence-electron chi connectivity index (χ2n) is 7.94. The van der Waals surface area contributed by atoms with Gasteiger partial charge in [-0.2, -0.15) is 0 Å². The summed E-state index contributed by atoms with van der Waals surface area (Å²) in [6.07, 6.45) is 7.73. The lowest BCUT2D eigenvalue weighted by atomic mass is 9.85. The highest BCUT2D eigenvalue weighted by Gasteiger charge is 2.52. The Labute approximate surface area is 160 Å². The molecule has 2 aliphatic rings. The Morgan fingerprint density at radius 1 is 1.19 bits per heavy atom. The predicted molar refractivity (Wildman–Crippen MR) is 106 cm³/mol. The number of amides is 2. The monoisotopic (exact) mass is 367 g/mol. The molecule has 5 nitrogen and oxygen atoms in total. The summed E-state index contributed by atoms with van der Waals surface area (Å²) in [7, 11) is 0. The van der Waals surface area contributed by atoms with E-state index >= 15 is 0 Å². The summed E-state index contributed by atoms with van der Waals surface area (Å²) in [6.45, 7) is 4.47. The van der Waals surface area contributed by atoms with Crippen LogP contribution in [0, 0.1) is 0 Å². The minimum Gasteiger partial charge on any atom is -0.361 e. The molecular weight excluding hydrogens is 338 g/mol. The van der Waals surface area contributed by atoms with Crippen molar-refractivity contribution in [3.8, 4) is 0 Å². The van der Waals surface area contributed by atoms with Crippen molar-refractivity contribution < 1.29 is 9.59 Å². The first kappa shape index (κ1) is 18.1. The van der Waals surface area contributed by atoms with Crippen LogP contribution in [0.15, 0.2) is 30.5 Å². The van der Waals surface area contributed by atoms with Gasteiger partial charge < -0.3 is 14.8 Å². The Morgan fingerprint density at radius 3 is 2.78 bits per heavy atom. The number of fused-ring (bicyclic) bond motifs is 1. The molecule has 1 atom stereocenters. The van der Waals surface area contributed by atoms with Crippen molar-refractivity contribution in [3.63, 3.8) is 0 Å². The third-order valence-corrected chi connectivity index (χ3v) is 6.27. The van der Waals surface area contributed by atoms with Gasteiger partial charge in [-0.1, -0.05) is 25.1 Å². The third-order valence-electron chi connectivity index (χ3n) is 6.27. The van der Waals surface area contributed by atoms with Gasteiger partial charge in [-0.3, -0.25) is 9.59 Å². The van der Waals surface area contributed by atoms with Gasteiger partial charge in [0.1, 0.15) is 5.54 Å². The zero-order chi connectivity index (χ0) is 18.9. The number of carbonyl (C=O) groups is 2. The highest BCUT2D eigenvalue weighted by atomic mass is 16.2. The molecule has 4 rings (SSSR count). The largest absolute Gasteiger partial charge is 0.361 e. The number of nitrogens with one attached hydrogen (secondary N) is 1. The van der Waals surface area contributed by atoms with E-state index in [1.54, 1.807) is 0 Å². The van der Waals surface area contributed by atoms with E-state index in [1.165, 1.54) is 10.9 Å². The second-order valence-corrected chi connectivity index (χ2v) is 7.94. The summed E-state index contributed by atoms with van der Waals surface area (Å²) in [5, 5.41) is 1.18. The van der Waals surface area contributed by atoms with E-state index < -0.39 is 5.54 Å². The zero-order valence-corrected chi connectivity index (χ0v) is 16.2. The molecule has 1 spiro atoms. The number of aromatic nitrogens is 1. The van der Waals surface area contributed by atoms with Crippen molar-refractivity contribution in [2.75, 3.05) is 19.6 Å². The van der Waals surface area contributed by atoms with E-state index in [-0.39, 0.29) is 11.8 Å². The van der Waals surface area contributed by atoms with Gasteiger partial charge in [-0.05, 0) is 50.2 Å². The molecule has 0 bridgehead atoms. The SMILES string of the molecule is CCCN1CCCC2(CCCN2C(=O)CCc2c[nH]c3ccccc23)C1=O. The maximum atomic E-state index is 13.2. The first-order valence-corrected chi connectivity index (χ1v) is 10.3. The molecule has 144 valence electrons. The van der Waals surface area contributed by atoms with Gasteiger partial charge in [0.15, 0.2) is 0 Å². The molecule has 1 aromatic carbocycles. The maximum Gasteiger partial charge on any atom is 0.248 e. The van der Waals surface area contributed by atoms with Crippen LogP contribution in [-0.4, -0.2) is 51.8 Å². The fourth-order valence-electron chi connectivity index (χ4n) is 4.99. The lowest BCUT2D eigenvalue weighted by Gasteiger charge is -2.44. The Hall–Kier alpha value is -2.30. The number of aryl methyl sites for hydroxylation is 1. The van der Waals surface area contributed by atoms with Crippen LogP contribution in [0.25, 0.3) is 10.9 Å². The van der Waals surface area contributed by atoms with Crippen molar-refractivity contribution >= 4 is 22.7 Å². The summed E-state index contributed by atoms with van der Waals surface area (Å²) in [5.74, 6) is 0.318. The zero-order valence-electron chi connectivity index (χ0n) is 16.2. The van der Waals surface area contributed by atoms with Crippen molar-refractivity contribution in [2.45, 2.75) is 57.4 Å². The first-order valence-electron chi connectivity index (χ1n) is 10.3. The smallest absolute Gasteiger partial charge is 0.248 e. The Balaban J connectivity index is 1.48. The normalized spacial score (nSPS) is 22.9. The van der Waals surface area contributed by atoms with E-state index in [1.807, 2.05) is 28.1 Å². The summed E-state index contributed by atoms with van der Waals surface area (Å²) >= 11 is 0. The average molecular weight is 367 g/mol. The molecule has 2 aromatic rings.